The van der Waals surface area contributed by atoms with E-state index < -0.39 is 0 Å². The Morgan fingerprint density at radius 2 is 1.23 bits per heavy atom. The molecule has 128 valence electrons. The largest absolute Gasteiger partial charge is 0.294 e. The molecule has 0 radical (unpaired) electrons. The molecule has 0 saturated heterocycles. The zero-order valence-corrected chi connectivity index (χ0v) is 15.1. The van der Waals surface area contributed by atoms with E-state index in [4.69, 9.17) is 0 Å². The molecule has 2 aliphatic carbocycles. The zero-order chi connectivity index (χ0) is 17.7. The van der Waals surface area contributed by atoms with E-state index in [1.807, 2.05) is 6.07 Å². The first kappa shape index (κ1) is 15.6. The van der Waals surface area contributed by atoms with E-state index in [2.05, 4.69) is 61.5 Å². The van der Waals surface area contributed by atoms with Gasteiger partial charge in [-0.05, 0) is 64.6 Å². The molecule has 2 aliphatic rings. The van der Waals surface area contributed by atoms with Crippen molar-refractivity contribution in [3.8, 4) is 22.3 Å². The lowest BCUT2D eigenvalue weighted by molar-refractivity contribution is 0.0947. The van der Waals surface area contributed by atoms with Crippen LogP contribution in [0.2, 0.25) is 0 Å². The van der Waals surface area contributed by atoms with Gasteiger partial charge in [0, 0.05) is 11.5 Å². The second-order valence-corrected chi connectivity index (χ2v) is 7.62. The predicted molar refractivity (Wildman–Crippen MR) is 107 cm³/mol. The van der Waals surface area contributed by atoms with Crippen LogP contribution in [0, 0.1) is 5.92 Å². The van der Waals surface area contributed by atoms with Crippen LogP contribution >= 0.6 is 0 Å². The third kappa shape index (κ3) is 2.20. The van der Waals surface area contributed by atoms with Crippen LogP contribution in [0.25, 0.3) is 22.3 Å². The molecule has 1 unspecified atom stereocenters. The molecular formula is C25H22O. The summed E-state index contributed by atoms with van der Waals surface area (Å²) in [6.07, 6.45) is 4.25. The quantitative estimate of drug-likeness (QED) is 0.570. The number of carbonyl (C=O) groups is 1. The third-order valence-electron chi connectivity index (χ3n) is 6.00. The van der Waals surface area contributed by atoms with Crippen LogP contribution in [0.5, 0.6) is 0 Å². The standard InChI is InChI=1S/C25H22O/c1-16-15-21-22(17-9-4-2-5-10-17)19-13-8-14-20(19)23(24(21)25(16)26)18-11-6-3-7-12-18/h2-7,9-12,16H,8,13-15H2,1H3. The minimum Gasteiger partial charge on any atom is -0.294 e. The topological polar surface area (TPSA) is 17.1 Å². The summed E-state index contributed by atoms with van der Waals surface area (Å²) in [7, 11) is 0. The van der Waals surface area contributed by atoms with Crippen LogP contribution < -0.4 is 0 Å². The van der Waals surface area contributed by atoms with Gasteiger partial charge in [0.25, 0.3) is 0 Å². The number of hydrogen-bond acceptors (Lipinski definition) is 1. The molecule has 0 aromatic heterocycles. The van der Waals surface area contributed by atoms with Gasteiger partial charge < -0.3 is 0 Å². The highest BCUT2D eigenvalue weighted by molar-refractivity contribution is 6.10. The SMILES string of the molecule is CC1Cc2c(c(-c3ccccc3)c3c(c2-c2ccccc2)CCC3)C1=O. The predicted octanol–water partition coefficient (Wildman–Crippen LogP) is 5.88. The highest BCUT2D eigenvalue weighted by Crippen LogP contribution is 2.48. The molecule has 0 spiro atoms. The molecule has 1 atom stereocenters. The molecule has 26 heavy (non-hydrogen) atoms. The Balaban J connectivity index is 1.89. The molecule has 0 bridgehead atoms. The van der Waals surface area contributed by atoms with Crippen LogP contribution in [0.15, 0.2) is 60.7 Å². The van der Waals surface area contributed by atoms with Crippen molar-refractivity contribution < 1.29 is 4.79 Å². The summed E-state index contributed by atoms with van der Waals surface area (Å²) in [5.41, 5.74) is 10.2. The monoisotopic (exact) mass is 338 g/mol. The molecule has 3 aromatic rings. The summed E-state index contributed by atoms with van der Waals surface area (Å²) < 4.78 is 0. The molecular weight excluding hydrogens is 316 g/mol. The van der Waals surface area contributed by atoms with Crippen LogP contribution in [0.1, 0.15) is 40.4 Å². The van der Waals surface area contributed by atoms with Crippen molar-refractivity contribution in [2.75, 3.05) is 0 Å². The van der Waals surface area contributed by atoms with Gasteiger partial charge in [-0.25, -0.2) is 0 Å². The van der Waals surface area contributed by atoms with Crippen LogP contribution in [0.4, 0.5) is 0 Å². The van der Waals surface area contributed by atoms with Crippen molar-refractivity contribution in [1.29, 1.82) is 0 Å². The van der Waals surface area contributed by atoms with Gasteiger partial charge in [-0.1, -0.05) is 67.6 Å². The average molecular weight is 338 g/mol. The van der Waals surface area contributed by atoms with E-state index in [1.54, 1.807) is 0 Å². The molecule has 0 fully saturated rings. The maximum absolute atomic E-state index is 13.2. The van der Waals surface area contributed by atoms with Gasteiger partial charge in [0.05, 0.1) is 0 Å². The molecule has 0 saturated carbocycles. The van der Waals surface area contributed by atoms with Gasteiger partial charge >= 0.3 is 0 Å². The summed E-state index contributed by atoms with van der Waals surface area (Å²) in [5, 5.41) is 0. The Hall–Kier alpha value is -2.67. The van der Waals surface area contributed by atoms with E-state index >= 15 is 0 Å². The Kier molecular flexibility index (Phi) is 3.56. The van der Waals surface area contributed by atoms with E-state index in [0.717, 1.165) is 24.8 Å². The average Bonchev–Trinajstić information content (AvgIpc) is 3.27. The van der Waals surface area contributed by atoms with Crippen molar-refractivity contribution in [3.05, 3.63) is 82.9 Å². The Morgan fingerprint density at radius 1 is 0.692 bits per heavy atom. The molecule has 5 rings (SSSR count). The Bertz CT molecular complexity index is 1000. The van der Waals surface area contributed by atoms with E-state index in [9.17, 15) is 4.79 Å². The summed E-state index contributed by atoms with van der Waals surface area (Å²) >= 11 is 0. The molecule has 0 N–H and O–H groups in total. The maximum Gasteiger partial charge on any atom is 0.166 e. The number of carbonyl (C=O) groups excluding carboxylic acids is 1. The van der Waals surface area contributed by atoms with Gasteiger partial charge in [0.15, 0.2) is 5.78 Å². The number of fused-ring (bicyclic) bond motifs is 2. The number of hydrogen-bond donors (Lipinski definition) is 0. The second kappa shape index (κ2) is 5.95. The molecule has 0 aliphatic heterocycles. The van der Waals surface area contributed by atoms with E-state index in [-0.39, 0.29) is 5.92 Å². The minimum absolute atomic E-state index is 0.0810. The lowest BCUT2D eigenvalue weighted by Gasteiger charge is -2.20. The van der Waals surface area contributed by atoms with Gasteiger partial charge in [-0.3, -0.25) is 4.79 Å². The Labute approximate surface area is 154 Å². The van der Waals surface area contributed by atoms with Gasteiger partial charge in [-0.2, -0.15) is 0 Å². The lowest BCUT2D eigenvalue weighted by Crippen LogP contribution is -2.06. The van der Waals surface area contributed by atoms with Gasteiger partial charge in [0.2, 0.25) is 0 Å². The summed E-state index contributed by atoms with van der Waals surface area (Å²) in [6.45, 7) is 2.08. The van der Waals surface area contributed by atoms with Crippen LogP contribution in [-0.2, 0) is 19.3 Å². The number of ketones is 1. The normalized spacial score (nSPS) is 18.0. The smallest absolute Gasteiger partial charge is 0.166 e. The van der Waals surface area contributed by atoms with Crippen molar-refractivity contribution in [1.82, 2.24) is 0 Å². The van der Waals surface area contributed by atoms with Crippen LogP contribution in [-0.4, -0.2) is 5.78 Å². The summed E-state index contributed by atoms with van der Waals surface area (Å²) in [4.78, 5) is 13.2. The van der Waals surface area contributed by atoms with E-state index in [1.165, 1.54) is 45.4 Å². The highest BCUT2D eigenvalue weighted by Gasteiger charge is 2.36. The van der Waals surface area contributed by atoms with Crippen molar-refractivity contribution >= 4 is 5.78 Å². The number of Topliss-reactive ketones (excluding diaryl/α,β-unsaturated/α-hetero) is 1. The highest BCUT2D eigenvalue weighted by atomic mass is 16.1. The van der Waals surface area contributed by atoms with E-state index in [0.29, 0.717) is 5.78 Å². The Morgan fingerprint density at radius 3 is 1.85 bits per heavy atom. The van der Waals surface area contributed by atoms with Gasteiger partial charge in [0.1, 0.15) is 0 Å². The third-order valence-corrected chi connectivity index (χ3v) is 6.00. The maximum atomic E-state index is 13.2. The summed E-state index contributed by atoms with van der Waals surface area (Å²) in [6, 6.07) is 21.2. The molecule has 0 amide bonds. The lowest BCUT2D eigenvalue weighted by atomic mass is 9.83. The minimum atomic E-state index is 0.0810. The fourth-order valence-electron chi connectivity index (χ4n) is 4.90. The first-order valence-corrected chi connectivity index (χ1v) is 9.61. The molecule has 1 heteroatoms. The van der Waals surface area contributed by atoms with Gasteiger partial charge in [-0.15, -0.1) is 0 Å². The first-order chi connectivity index (χ1) is 12.8. The molecule has 3 aromatic carbocycles. The van der Waals surface area contributed by atoms with Crippen molar-refractivity contribution in [2.24, 2.45) is 5.92 Å². The van der Waals surface area contributed by atoms with Crippen molar-refractivity contribution in [2.45, 2.75) is 32.6 Å². The second-order valence-electron chi connectivity index (χ2n) is 7.62. The molecule has 0 heterocycles. The zero-order valence-electron chi connectivity index (χ0n) is 15.1. The van der Waals surface area contributed by atoms with Crippen LogP contribution in [0.3, 0.4) is 0 Å². The first-order valence-electron chi connectivity index (χ1n) is 9.61. The molecule has 1 nitrogen and oxygen atoms in total. The fourth-order valence-corrected chi connectivity index (χ4v) is 4.90. The number of rotatable bonds is 2. The summed E-state index contributed by atoms with van der Waals surface area (Å²) in [5.74, 6) is 0.406. The number of benzene rings is 3. The van der Waals surface area contributed by atoms with Crippen molar-refractivity contribution in [3.63, 3.8) is 0 Å². The fraction of sp³-hybridized carbons (Fsp3) is 0.240.